The van der Waals surface area contributed by atoms with Gasteiger partial charge in [0.25, 0.3) is 0 Å². The Morgan fingerprint density at radius 2 is 1.44 bits per heavy atom. The molecule has 3 unspecified atom stereocenters. The molecule has 3 aromatic carbocycles. The van der Waals surface area contributed by atoms with Crippen LogP contribution in [0.4, 0.5) is 0 Å². The van der Waals surface area contributed by atoms with Gasteiger partial charge >= 0.3 is 0 Å². The first kappa shape index (κ1) is 16.8. The van der Waals surface area contributed by atoms with E-state index in [9.17, 15) is 5.11 Å². The van der Waals surface area contributed by atoms with Crippen LogP contribution in [0.25, 0.3) is 21.8 Å². The van der Waals surface area contributed by atoms with E-state index in [0.29, 0.717) is 0 Å². The van der Waals surface area contributed by atoms with Crippen molar-refractivity contribution in [3.05, 3.63) is 84.4 Å². The summed E-state index contributed by atoms with van der Waals surface area (Å²) in [7, 11) is 0. The number of hydrogen-bond donors (Lipinski definition) is 4. The highest BCUT2D eigenvalue weighted by atomic mass is 32.2. The molecule has 5 nitrogen and oxygen atoms in total. The molecule has 136 valence electrons. The van der Waals surface area contributed by atoms with E-state index in [2.05, 4.69) is 39.6 Å². The van der Waals surface area contributed by atoms with E-state index in [1.54, 1.807) is 0 Å². The van der Waals surface area contributed by atoms with Crippen LogP contribution < -0.4 is 15.4 Å². The Balaban J connectivity index is 1.42. The molecule has 5 rings (SSSR count). The Kier molecular flexibility index (Phi) is 4.35. The van der Waals surface area contributed by atoms with Crippen molar-refractivity contribution in [2.45, 2.75) is 18.0 Å². The largest absolute Gasteiger partial charge is 0.360 e. The Labute approximate surface area is 161 Å². The third-order valence-corrected chi connectivity index (χ3v) is 5.80. The summed E-state index contributed by atoms with van der Waals surface area (Å²) >= 11 is 1.54. The number of aliphatic hydroxyl groups excluding tert-OH is 1. The van der Waals surface area contributed by atoms with Crippen LogP contribution in [-0.2, 0) is 0 Å². The highest BCUT2D eigenvalue weighted by Gasteiger charge is 2.27. The van der Waals surface area contributed by atoms with Crippen molar-refractivity contribution in [3.63, 3.8) is 0 Å². The van der Waals surface area contributed by atoms with E-state index in [0.717, 1.165) is 21.8 Å². The van der Waals surface area contributed by atoms with Gasteiger partial charge in [0.1, 0.15) is 5.50 Å². The summed E-state index contributed by atoms with van der Waals surface area (Å²) in [4.78, 5) is 0. The van der Waals surface area contributed by atoms with Gasteiger partial charge in [0.05, 0.1) is 17.2 Å². The van der Waals surface area contributed by atoms with Gasteiger partial charge in [0.15, 0.2) is 6.35 Å². The van der Waals surface area contributed by atoms with Gasteiger partial charge in [-0.05, 0) is 29.6 Å². The molecule has 4 aromatic rings. The quantitative estimate of drug-likeness (QED) is 0.323. The maximum absolute atomic E-state index is 11.0. The second kappa shape index (κ2) is 6.99. The third kappa shape index (κ3) is 3.01. The monoisotopic (exact) mass is 376 g/mol. The Hall–Kier alpha value is -2.35. The van der Waals surface area contributed by atoms with E-state index < -0.39 is 6.35 Å². The van der Waals surface area contributed by atoms with Crippen molar-refractivity contribution in [1.29, 1.82) is 0 Å². The zero-order valence-corrected chi connectivity index (χ0v) is 15.4. The van der Waals surface area contributed by atoms with Crippen LogP contribution in [0.5, 0.6) is 0 Å². The Morgan fingerprint density at radius 3 is 2.11 bits per heavy atom. The number of fused-ring (bicyclic) bond motifs is 3. The molecule has 4 N–H and O–H groups in total. The van der Waals surface area contributed by atoms with Crippen molar-refractivity contribution in [2.24, 2.45) is 0 Å². The number of aromatic nitrogens is 1. The van der Waals surface area contributed by atoms with Crippen LogP contribution in [0.3, 0.4) is 0 Å². The molecule has 1 fully saturated rings. The summed E-state index contributed by atoms with van der Waals surface area (Å²) in [5, 5.41) is 20.0. The molecule has 1 aliphatic rings. The number of rotatable bonds is 4. The maximum Gasteiger partial charge on any atom is 0.190 e. The first-order valence-electron chi connectivity index (χ1n) is 8.95. The van der Waals surface area contributed by atoms with Gasteiger partial charge in [-0.3, -0.25) is 5.32 Å². The third-order valence-electron chi connectivity index (χ3n) is 4.92. The summed E-state index contributed by atoms with van der Waals surface area (Å²) in [5.41, 5.74) is 3.06. The molecule has 0 aliphatic carbocycles. The lowest BCUT2D eigenvalue weighted by molar-refractivity contribution is 0.0693. The topological polar surface area (TPSA) is 61.2 Å². The van der Waals surface area contributed by atoms with Gasteiger partial charge in [-0.15, -0.1) is 0 Å². The Morgan fingerprint density at radius 1 is 0.852 bits per heavy atom. The summed E-state index contributed by atoms with van der Waals surface area (Å²) < 4.78 is 5.32. The van der Waals surface area contributed by atoms with Crippen molar-refractivity contribution in [1.82, 2.24) is 19.9 Å². The highest BCUT2D eigenvalue weighted by Crippen LogP contribution is 2.31. The molecular weight excluding hydrogens is 356 g/mol. The highest BCUT2D eigenvalue weighted by molar-refractivity contribution is 7.98. The summed E-state index contributed by atoms with van der Waals surface area (Å²) in [6, 6.07) is 26.5. The predicted octanol–water partition coefficient (Wildman–Crippen LogP) is 3.66. The van der Waals surface area contributed by atoms with Gasteiger partial charge in [0, 0.05) is 10.8 Å². The number of para-hydroxylation sites is 2. The van der Waals surface area contributed by atoms with Gasteiger partial charge in [-0.1, -0.05) is 66.7 Å². The molecule has 2 heterocycles. The molecule has 1 aromatic heterocycles. The number of aliphatic hydroxyl groups is 1. The van der Waals surface area contributed by atoms with E-state index in [4.69, 9.17) is 0 Å². The minimum absolute atomic E-state index is 0.0408. The molecule has 1 saturated heterocycles. The van der Waals surface area contributed by atoms with E-state index in [1.165, 1.54) is 17.5 Å². The molecule has 3 atom stereocenters. The Bertz CT molecular complexity index is 1030. The average Bonchev–Trinajstić information content (AvgIpc) is 3.31. The zero-order valence-electron chi connectivity index (χ0n) is 14.5. The normalized spacial score (nSPS) is 21.1. The van der Waals surface area contributed by atoms with Crippen LogP contribution >= 0.6 is 11.9 Å². The standard InChI is InChI=1S/C21H20N4OS/c26-21(23-20-22-19(24-27-20)14-8-2-1-3-9-14)25-17-12-6-4-10-15(17)16-11-5-7-13-18(16)25/h1-13,19-24,26H. The maximum atomic E-state index is 11.0. The molecule has 0 radical (unpaired) electrons. The molecule has 6 heteroatoms. The lowest BCUT2D eigenvalue weighted by Crippen LogP contribution is -2.41. The number of nitrogens with zero attached hydrogens (tertiary/aromatic N) is 1. The van der Waals surface area contributed by atoms with Gasteiger partial charge < -0.3 is 9.67 Å². The van der Waals surface area contributed by atoms with Gasteiger partial charge in [-0.2, -0.15) is 0 Å². The fraction of sp³-hybridized carbons (Fsp3) is 0.143. The van der Waals surface area contributed by atoms with Crippen LogP contribution in [0.2, 0.25) is 0 Å². The van der Waals surface area contributed by atoms with E-state index in [-0.39, 0.29) is 11.7 Å². The van der Waals surface area contributed by atoms with Crippen molar-refractivity contribution in [3.8, 4) is 0 Å². The number of benzene rings is 3. The molecule has 27 heavy (non-hydrogen) atoms. The molecular formula is C21H20N4OS. The smallest absolute Gasteiger partial charge is 0.190 e. The van der Waals surface area contributed by atoms with Crippen LogP contribution in [0.1, 0.15) is 18.1 Å². The fourth-order valence-corrected chi connectivity index (χ4v) is 4.54. The second-order valence-corrected chi connectivity index (χ2v) is 7.51. The molecule has 0 saturated carbocycles. The summed E-state index contributed by atoms with van der Waals surface area (Å²) in [5.74, 6) is 0. The second-order valence-electron chi connectivity index (χ2n) is 6.57. The van der Waals surface area contributed by atoms with Crippen LogP contribution in [0.15, 0.2) is 78.9 Å². The zero-order chi connectivity index (χ0) is 18.2. The SMILES string of the molecule is OC(NC1NC(c2ccccc2)NS1)n1c2ccccc2c2ccccc21. The lowest BCUT2D eigenvalue weighted by Gasteiger charge is -2.21. The van der Waals surface area contributed by atoms with Gasteiger partial charge in [-0.25, -0.2) is 10.0 Å². The van der Waals surface area contributed by atoms with Crippen molar-refractivity contribution in [2.75, 3.05) is 0 Å². The molecule has 1 aliphatic heterocycles. The summed E-state index contributed by atoms with van der Waals surface area (Å²) in [6.45, 7) is 0. The average molecular weight is 376 g/mol. The molecule has 0 amide bonds. The number of hydrogen-bond acceptors (Lipinski definition) is 5. The van der Waals surface area contributed by atoms with Crippen molar-refractivity contribution < 1.29 is 5.11 Å². The first-order valence-corrected chi connectivity index (χ1v) is 9.83. The summed E-state index contributed by atoms with van der Waals surface area (Å²) in [6.07, 6.45) is -0.810. The van der Waals surface area contributed by atoms with Crippen molar-refractivity contribution >= 4 is 33.8 Å². The molecule has 0 spiro atoms. The predicted molar refractivity (Wildman–Crippen MR) is 111 cm³/mol. The first-order chi connectivity index (χ1) is 13.3. The van der Waals surface area contributed by atoms with E-state index >= 15 is 0 Å². The molecule has 0 bridgehead atoms. The lowest BCUT2D eigenvalue weighted by atomic mass is 10.2. The minimum Gasteiger partial charge on any atom is -0.360 e. The van der Waals surface area contributed by atoms with Crippen LogP contribution in [0, 0.1) is 0 Å². The fourth-order valence-electron chi connectivity index (χ4n) is 3.67. The number of nitrogens with one attached hydrogen (secondary N) is 3. The minimum atomic E-state index is -0.851. The van der Waals surface area contributed by atoms with E-state index in [1.807, 2.05) is 59.2 Å². The van der Waals surface area contributed by atoms with Gasteiger partial charge in [0.2, 0.25) is 0 Å². The van der Waals surface area contributed by atoms with Crippen LogP contribution in [-0.4, -0.2) is 15.2 Å².